The number of ether oxygens (including phenoxy) is 1. The molecule has 18 heavy (non-hydrogen) atoms. The highest BCUT2D eigenvalue weighted by molar-refractivity contribution is 5.72. The Balaban J connectivity index is 1.71. The van der Waals surface area contributed by atoms with Crippen LogP contribution in [0.5, 0.6) is 0 Å². The Bertz CT molecular complexity index is 269. The molecule has 0 aromatic heterocycles. The molecule has 1 saturated carbocycles. The maximum Gasteiger partial charge on any atom is 0.309 e. The summed E-state index contributed by atoms with van der Waals surface area (Å²) in [6.07, 6.45) is 5.59. The summed E-state index contributed by atoms with van der Waals surface area (Å²) in [5.74, 6) is -0.0961. The second-order valence-electron chi connectivity index (χ2n) is 5.70. The fourth-order valence-corrected chi connectivity index (χ4v) is 3.24. The average Bonchev–Trinajstić information content (AvgIpc) is 2.92. The topological polar surface area (TPSA) is 32.8 Å². The molecule has 2 fully saturated rings. The molecule has 0 bridgehead atoms. The van der Waals surface area contributed by atoms with Crippen LogP contribution in [0.3, 0.4) is 0 Å². The molecule has 1 aliphatic carbocycles. The van der Waals surface area contributed by atoms with E-state index >= 15 is 0 Å². The van der Waals surface area contributed by atoms with Gasteiger partial charge in [-0.25, -0.2) is 0 Å². The van der Waals surface area contributed by atoms with E-state index in [1.54, 1.807) is 0 Å². The van der Waals surface area contributed by atoms with Gasteiger partial charge in [0.2, 0.25) is 0 Å². The van der Waals surface area contributed by atoms with Crippen LogP contribution >= 0.6 is 0 Å². The van der Waals surface area contributed by atoms with Crippen molar-refractivity contribution in [2.75, 3.05) is 39.8 Å². The summed E-state index contributed by atoms with van der Waals surface area (Å²) in [7, 11) is 1.47. The third-order valence-corrected chi connectivity index (χ3v) is 4.38. The number of methoxy groups -OCH3 is 1. The zero-order chi connectivity index (χ0) is 13.0. The van der Waals surface area contributed by atoms with Gasteiger partial charge in [-0.2, -0.15) is 0 Å². The first-order chi connectivity index (χ1) is 8.70. The number of carbonyl (C=O) groups is 1. The molecular weight excluding hydrogens is 228 g/mol. The first kappa shape index (κ1) is 13.8. The standard InChI is InChI=1S/C14H26N2O2/c1-12(14(17)18-2)11-15-7-9-16(10-8-15)13-5-3-4-6-13/h12-13H,3-11H2,1-2H3. The predicted molar refractivity (Wildman–Crippen MR) is 71.4 cm³/mol. The van der Waals surface area contributed by atoms with E-state index < -0.39 is 0 Å². The Morgan fingerprint density at radius 3 is 2.39 bits per heavy atom. The molecule has 0 N–H and O–H groups in total. The van der Waals surface area contributed by atoms with Crippen LogP contribution in [-0.2, 0) is 9.53 Å². The fraction of sp³-hybridized carbons (Fsp3) is 0.929. The molecule has 4 nitrogen and oxygen atoms in total. The van der Waals surface area contributed by atoms with Gasteiger partial charge in [-0.15, -0.1) is 0 Å². The van der Waals surface area contributed by atoms with Crippen LogP contribution in [-0.4, -0.2) is 61.6 Å². The molecule has 0 radical (unpaired) electrons. The van der Waals surface area contributed by atoms with Crippen molar-refractivity contribution in [3.05, 3.63) is 0 Å². The molecule has 1 aliphatic heterocycles. The molecule has 0 amide bonds. The van der Waals surface area contributed by atoms with Gasteiger partial charge in [0, 0.05) is 38.8 Å². The molecule has 1 atom stereocenters. The monoisotopic (exact) mass is 254 g/mol. The maximum atomic E-state index is 11.4. The van der Waals surface area contributed by atoms with Crippen LogP contribution in [0.4, 0.5) is 0 Å². The summed E-state index contributed by atoms with van der Waals surface area (Å²) in [6, 6.07) is 0.838. The number of esters is 1. The number of rotatable bonds is 4. The molecule has 104 valence electrons. The quantitative estimate of drug-likeness (QED) is 0.709. The van der Waals surface area contributed by atoms with E-state index in [1.807, 2.05) is 6.92 Å². The summed E-state index contributed by atoms with van der Waals surface area (Å²) in [4.78, 5) is 16.4. The summed E-state index contributed by atoms with van der Waals surface area (Å²) in [5.41, 5.74) is 0. The highest BCUT2D eigenvalue weighted by Crippen LogP contribution is 2.24. The molecule has 0 aromatic rings. The molecule has 1 unspecified atom stereocenters. The van der Waals surface area contributed by atoms with Crippen LogP contribution in [0.2, 0.25) is 0 Å². The number of piperazine rings is 1. The summed E-state index contributed by atoms with van der Waals surface area (Å²) in [6.45, 7) is 7.31. The first-order valence-corrected chi connectivity index (χ1v) is 7.25. The zero-order valence-electron chi connectivity index (χ0n) is 11.7. The van der Waals surface area contributed by atoms with Crippen molar-refractivity contribution in [1.82, 2.24) is 9.80 Å². The van der Waals surface area contributed by atoms with Gasteiger partial charge in [0.15, 0.2) is 0 Å². The summed E-state index contributed by atoms with van der Waals surface area (Å²) >= 11 is 0. The second-order valence-corrected chi connectivity index (χ2v) is 5.70. The number of nitrogens with zero attached hydrogens (tertiary/aromatic N) is 2. The van der Waals surface area contributed by atoms with E-state index in [0.717, 1.165) is 25.7 Å². The Morgan fingerprint density at radius 1 is 1.22 bits per heavy atom. The molecule has 2 rings (SSSR count). The van der Waals surface area contributed by atoms with E-state index in [-0.39, 0.29) is 11.9 Å². The molecular formula is C14H26N2O2. The van der Waals surface area contributed by atoms with Crippen molar-refractivity contribution in [2.24, 2.45) is 5.92 Å². The van der Waals surface area contributed by atoms with Crippen LogP contribution in [0.1, 0.15) is 32.6 Å². The predicted octanol–water partition coefficient (Wildman–Crippen LogP) is 1.36. The van der Waals surface area contributed by atoms with Crippen LogP contribution in [0, 0.1) is 5.92 Å². The number of carbonyl (C=O) groups excluding carboxylic acids is 1. The Kier molecular flexibility index (Phi) is 5.01. The van der Waals surface area contributed by atoms with E-state index in [2.05, 4.69) is 9.80 Å². The largest absolute Gasteiger partial charge is 0.469 e. The Labute approximate surface area is 110 Å². The van der Waals surface area contributed by atoms with Gasteiger partial charge < -0.3 is 4.74 Å². The van der Waals surface area contributed by atoms with Gasteiger partial charge in [0.05, 0.1) is 13.0 Å². The van der Waals surface area contributed by atoms with Crippen molar-refractivity contribution in [3.8, 4) is 0 Å². The van der Waals surface area contributed by atoms with Crippen LogP contribution in [0.15, 0.2) is 0 Å². The van der Waals surface area contributed by atoms with Crippen molar-refractivity contribution in [2.45, 2.75) is 38.6 Å². The van der Waals surface area contributed by atoms with Gasteiger partial charge >= 0.3 is 5.97 Å². The van der Waals surface area contributed by atoms with Gasteiger partial charge in [0.1, 0.15) is 0 Å². The van der Waals surface area contributed by atoms with Gasteiger partial charge in [-0.1, -0.05) is 19.8 Å². The minimum absolute atomic E-state index is 0.00645. The van der Waals surface area contributed by atoms with Crippen molar-refractivity contribution < 1.29 is 9.53 Å². The second kappa shape index (κ2) is 6.53. The molecule has 0 spiro atoms. The Hall–Kier alpha value is -0.610. The van der Waals surface area contributed by atoms with E-state index in [1.165, 1.54) is 45.9 Å². The lowest BCUT2D eigenvalue weighted by atomic mass is 10.1. The third kappa shape index (κ3) is 3.45. The SMILES string of the molecule is COC(=O)C(C)CN1CCN(C2CCCC2)CC1. The van der Waals surface area contributed by atoms with E-state index in [9.17, 15) is 4.79 Å². The Morgan fingerprint density at radius 2 is 1.83 bits per heavy atom. The number of hydrogen-bond donors (Lipinski definition) is 0. The van der Waals surface area contributed by atoms with Crippen molar-refractivity contribution in [3.63, 3.8) is 0 Å². The normalized spacial score (nSPS) is 25.2. The smallest absolute Gasteiger partial charge is 0.309 e. The minimum Gasteiger partial charge on any atom is -0.469 e. The van der Waals surface area contributed by atoms with Gasteiger partial charge in [-0.05, 0) is 12.8 Å². The van der Waals surface area contributed by atoms with Crippen molar-refractivity contribution in [1.29, 1.82) is 0 Å². The minimum atomic E-state index is -0.0896. The highest BCUT2D eigenvalue weighted by atomic mass is 16.5. The molecule has 1 saturated heterocycles. The maximum absolute atomic E-state index is 11.4. The first-order valence-electron chi connectivity index (χ1n) is 7.25. The van der Waals surface area contributed by atoms with Crippen molar-refractivity contribution >= 4 is 5.97 Å². The van der Waals surface area contributed by atoms with Gasteiger partial charge in [0.25, 0.3) is 0 Å². The zero-order valence-corrected chi connectivity index (χ0v) is 11.7. The fourth-order valence-electron chi connectivity index (χ4n) is 3.24. The summed E-state index contributed by atoms with van der Waals surface area (Å²) < 4.78 is 4.78. The van der Waals surface area contributed by atoms with E-state index in [4.69, 9.17) is 4.74 Å². The highest BCUT2D eigenvalue weighted by Gasteiger charge is 2.27. The number of hydrogen-bond acceptors (Lipinski definition) is 4. The van der Waals surface area contributed by atoms with Gasteiger partial charge in [-0.3, -0.25) is 14.6 Å². The molecule has 4 heteroatoms. The molecule has 2 aliphatic rings. The lowest BCUT2D eigenvalue weighted by Crippen LogP contribution is -2.50. The molecule has 1 heterocycles. The van der Waals surface area contributed by atoms with Crippen LogP contribution < -0.4 is 0 Å². The molecule has 0 aromatic carbocycles. The summed E-state index contributed by atoms with van der Waals surface area (Å²) in [5, 5.41) is 0. The lowest BCUT2D eigenvalue weighted by molar-refractivity contribution is -0.145. The third-order valence-electron chi connectivity index (χ3n) is 4.38. The van der Waals surface area contributed by atoms with Crippen LogP contribution in [0.25, 0.3) is 0 Å². The van der Waals surface area contributed by atoms with E-state index in [0.29, 0.717) is 0 Å². The lowest BCUT2D eigenvalue weighted by Gasteiger charge is -2.38. The average molecular weight is 254 g/mol.